The van der Waals surface area contributed by atoms with E-state index in [4.69, 9.17) is 17.3 Å². The van der Waals surface area contributed by atoms with Gasteiger partial charge in [0.2, 0.25) is 0 Å². The smallest absolute Gasteiger partial charge is 0.132 e. The number of halogens is 3. The predicted molar refractivity (Wildman–Crippen MR) is 46.5 cm³/mol. The minimum Gasteiger partial charge on any atom is -0.321 e. The summed E-state index contributed by atoms with van der Waals surface area (Å²) in [6, 6.07) is 2.18. The Bertz CT molecular complexity index is 338. The van der Waals surface area contributed by atoms with Crippen LogP contribution in [0.4, 0.5) is 8.78 Å². The zero-order valence-electron chi connectivity index (χ0n) is 6.78. The van der Waals surface area contributed by atoms with Gasteiger partial charge in [-0.25, -0.2) is 8.78 Å². The maximum Gasteiger partial charge on any atom is 0.132 e. The van der Waals surface area contributed by atoms with Gasteiger partial charge >= 0.3 is 0 Å². The summed E-state index contributed by atoms with van der Waals surface area (Å²) in [5.41, 5.74) is 4.87. The minimum absolute atomic E-state index is 0.0306. The zero-order chi connectivity index (χ0) is 9.64. The van der Waals surface area contributed by atoms with Crippen LogP contribution in [0.5, 0.6) is 0 Å². The van der Waals surface area contributed by atoms with Gasteiger partial charge in [0, 0.05) is 16.1 Å². The molecule has 1 nitrogen and oxygen atoms in total. The van der Waals surface area contributed by atoms with E-state index in [9.17, 15) is 8.78 Å². The van der Waals surface area contributed by atoms with Gasteiger partial charge in [0.15, 0.2) is 0 Å². The fourth-order valence-electron chi connectivity index (χ4n) is 1.40. The normalized spacial score (nSPS) is 18.8. The Morgan fingerprint density at radius 1 is 1.23 bits per heavy atom. The number of hydrogen-bond donors (Lipinski definition) is 1. The van der Waals surface area contributed by atoms with Crippen molar-refractivity contribution in [2.45, 2.75) is 18.4 Å². The topological polar surface area (TPSA) is 26.0 Å². The van der Waals surface area contributed by atoms with Crippen molar-refractivity contribution in [3.63, 3.8) is 0 Å². The molecule has 70 valence electrons. The van der Waals surface area contributed by atoms with Crippen molar-refractivity contribution in [1.29, 1.82) is 0 Å². The van der Waals surface area contributed by atoms with E-state index in [1.165, 1.54) is 0 Å². The first-order valence-electron chi connectivity index (χ1n) is 3.97. The van der Waals surface area contributed by atoms with Gasteiger partial charge in [-0.15, -0.1) is 0 Å². The van der Waals surface area contributed by atoms with Crippen LogP contribution in [-0.4, -0.2) is 0 Å². The van der Waals surface area contributed by atoms with Crippen LogP contribution in [0.1, 0.15) is 18.4 Å². The first-order valence-corrected chi connectivity index (χ1v) is 4.35. The van der Waals surface area contributed by atoms with Crippen molar-refractivity contribution in [2.24, 2.45) is 5.73 Å². The average molecular weight is 204 g/mol. The van der Waals surface area contributed by atoms with E-state index < -0.39 is 17.2 Å². The van der Waals surface area contributed by atoms with Crippen LogP contribution >= 0.6 is 11.6 Å². The minimum atomic E-state index is -0.793. The lowest BCUT2D eigenvalue weighted by Crippen LogP contribution is -2.22. The van der Waals surface area contributed by atoms with Crippen LogP contribution in [0, 0.1) is 11.6 Å². The van der Waals surface area contributed by atoms with E-state index in [1.54, 1.807) is 0 Å². The molecule has 0 spiro atoms. The maximum atomic E-state index is 13.2. The first-order chi connectivity index (χ1) is 6.03. The Hall–Kier alpha value is -0.670. The van der Waals surface area contributed by atoms with Gasteiger partial charge in [-0.1, -0.05) is 11.6 Å². The molecule has 0 aromatic heterocycles. The third-order valence-electron chi connectivity index (χ3n) is 2.29. The van der Waals surface area contributed by atoms with Crippen LogP contribution < -0.4 is 5.73 Å². The standard InChI is InChI=1S/C9H8ClF2N/c10-5-3-6(11)8(7(12)4-5)9(13)1-2-9/h3-4H,1-2,13H2. The second kappa shape index (κ2) is 2.66. The third kappa shape index (κ3) is 1.42. The van der Waals surface area contributed by atoms with E-state index in [-0.39, 0.29) is 10.6 Å². The zero-order valence-corrected chi connectivity index (χ0v) is 7.54. The molecule has 0 aliphatic heterocycles. The Morgan fingerprint density at radius 2 is 1.69 bits per heavy atom. The average Bonchev–Trinajstić information content (AvgIpc) is 2.65. The second-order valence-corrected chi connectivity index (χ2v) is 3.84. The van der Waals surface area contributed by atoms with E-state index in [0.717, 1.165) is 12.1 Å². The lowest BCUT2D eigenvalue weighted by molar-refractivity contribution is 0.521. The quantitative estimate of drug-likeness (QED) is 0.746. The molecule has 0 unspecified atom stereocenters. The Morgan fingerprint density at radius 3 is 2.08 bits per heavy atom. The molecule has 0 radical (unpaired) electrons. The molecule has 1 aromatic carbocycles. The summed E-state index contributed by atoms with van der Waals surface area (Å²) in [5, 5.41) is 0.0583. The molecule has 0 saturated heterocycles. The van der Waals surface area contributed by atoms with E-state index in [0.29, 0.717) is 12.8 Å². The summed E-state index contributed by atoms with van der Waals surface area (Å²) < 4.78 is 26.5. The summed E-state index contributed by atoms with van der Waals surface area (Å²) in [5.74, 6) is -1.30. The molecule has 13 heavy (non-hydrogen) atoms. The Labute approximate surface area is 79.5 Å². The highest BCUT2D eigenvalue weighted by Gasteiger charge is 2.44. The molecule has 0 heterocycles. The highest BCUT2D eigenvalue weighted by molar-refractivity contribution is 6.30. The van der Waals surface area contributed by atoms with Gasteiger partial charge in [-0.3, -0.25) is 0 Å². The summed E-state index contributed by atoms with van der Waals surface area (Å²) in [7, 11) is 0. The van der Waals surface area contributed by atoms with Gasteiger partial charge in [-0.2, -0.15) is 0 Å². The number of benzene rings is 1. The largest absolute Gasteiger partial charge is 0.321 e. The highest BCUT2D eigenvalue weighted by atomic mass is 35.5. The Kier molecular flexibility index (Phi) is 1.82. The second-order valence-electron chi connectivity index (χ2n) is 3.40. The van der Waals surface area contributed by atoms with Crippen LogP contribution in [0.15, 0.2) is 12.1 Å². The summed E-state index contributed by atoms with van der Waals surface area (Å²) in [4.78, 5) is 0. The monoisotopic (exact) mass is 203 g/mol. The maximum absolute atomic E-state index is 13.2. The van der Waals surface area contributed by atoms with Crippen molar-refractivity contribution in [1.82, 2.24) is 0 Å². The SMILES string of the molecule is NC1(c2c(F)cc(Cl)cc2F)CC1. The van der Waals surface area contributed by atoms with Gasteiger partial charge in [0.25, 0.3) is 0 Å². The van der Waals surface area contributed by atoms with Crippen molar-refractivity contribution in [3.8, 4) is 0 Å². The lowest BCUT2D eigenvalue weighted by atomic mass is 10.0. The molecule has 1 aliphatic rings. The molecule has 0 bridgehead atoms. The molecule has 2 N–H and O–H groups in total. The van der Waals surface area contributed by atoms with Gasteiger partial charge in [0.05, 0.1) is 0 Å². The first kappa shape index (κ1) is 8.91. The highest BCUT2D eigenvalue weighted by Crippen LogP contribution is 2.45. The van der Waals surface area contributed by atoms with E-state index >= 15 is 0 Å². The fraction of sp³-hybridized carbons (Fsp3) is 0.333. The summed E-state index contributed by atoms with van der Waals surface area (Å²) >= 11 is 5.47. The number of hydrogen-bond acceptors (Lipinski definition) is 1. The molecular formula is C9H8ClF2N. The molecule has 1 aromatic rings. The van der Waals surface area contributed by atoms with E-state index in [2.05, 4.69) is 0 Å². The van der Waals surface area contributed by atoms with Crippen molar-refractivity contribution < 1.29 is 8.78 Å². The molecule has 0 atom stereocenters. The molecule has 1 saturated carbocycles. The number of nitrogens with two attached hydrogens (primary N) is 1. The molecular weight excluding hydrogens is 196 g/mol. The fourth-order valence-corrected chi connectivity index (χ4v) is 1.59. The van der Waals surface area contributed by atoms with Crippen molar-refractivity contribution in [3.05, 3.63) is 34.4 Å². The Balaban J connectivity index is 2.57. The van der Waals surface area contributed by atoms with Crippen LogP contribution in [0.2, 0.25) is 5.02 Å². The predicted octanol–water partition coefficient (Wildman–Crippen LogP) is 2.57. The van der Waals surface area contributed by atoms with Gasteiger partial charge < -0.3 is 5.73 Å². The lowest BCUT2D eigenvalue weighted by Gasteiger charge is -2.11. The molecule has 1 aliphatic carbocycles. The van der Waals surface area contributed by atoms with Crippen molar-refractivity contribution in [2.75, 3.05) is 0 Å². The van der Waals surface area contributed by atoms with E-state index in [1.807, 2.05) is 0 Å². The van der Waals surface area contributed by atoms with Crippen LogP contribution in [-0.2, 0) is 5.54 Å². The summed E-state index contributed by atoms with van der Waals surface area (Å²) in [6.07, 6.45) is 1.25. The number of rotatable bonds is 1. The van der Waals surface area contributed by atoms with Crippen LogP contribution in [0.3, 0.4) is 0 Å². The molecule has 4 heteroatoms. The molecule has 2 rings (SSSR count). The van der Waals surface area contributed by atoms with Gasteiger partial charge in [-0.05, 0) is 25.0 Å². The van der Waals surface area contributed by atoms with Crippen molar-refractivity contribution >= 4 is 11.6 Å². The third-order valence-corrected chi connectivity index (χ3v) is 2.51. The molecule has 0 amide bonds. The van der Waals surface area contributed by atoms with Gasteiger partial charge in [0.1, 0.15) is 11.6 Å². The van der Waals surface area contributed by atoms with Crippen LogP contribution in [0.25, 0.3) is 0 Å². The summed E-state index contributed by atoms with van der Waals surface area (Å²) in [6.45, 7) is 0. The molecule has 1 fully saturated rings.